The Morgan fingerprint density at radius 3 is 2.43 bits per heavy atom. The number of halogens is 1. The van der Waals surface area contributed by atoms with Crippen molar-refractivity contribution in [2.75, 3.05) is 13.7 Å². The number of hydrogen-bond acceptors (Lipinski definition) is 2. The zero-order valence-electron chi connectivity index (χ0n) is 14.3. The lowest BCUT2D eigenvalue weighted by molar-refractivity contribution is 0.276. The number of benzene rings is 1. The van der Waals surface area contributed by atoms with E-state index in [-0.39, 0.29) is 0 Å². The molecule has 1 rings (SSSR count). The van der Waals surface area contributed by atoms with Gasteiger partial charge in [-0.25, -0.2) is 0 Å². The molecule has 1 N–H and O–H groups in total. The average molecular weight is 356 g/mol. The van der Waals surface area contributed by atoms with Crippen LogP contribution in [0.1, 0.15) is 59.1 Å². The Labute approximate surface area is 138 Å². The lowest BCUT2D eigenvalue weighted by Crippen LogP contribution is -2.24. The molecule has 3 heteroatoms. The molecule has 0 bridgehead atoms. The molecule has 0 spiro atoms. The first-order valence-corrected chi connectivity index (χ1v) is 8.63. The van der Waals surface area contributed by atoms with Crippen LogP contribution in [0.2, 0.25) is 0 Å². The normalized spacial score (nSPS) is 14.8. The molecule has 2 nitrogen and oxygen atoms in total. The molecule has 0 aromatic heterocycles. The van der Waals surface area contributed by atoms with Crippen molar-refractivity contribution in [3.63, 3.8) is 0 Å². The van der Waals surface area contributed by atoms with Crippen molar-refractivity contribution >= 4 is 15.9 Å². The van der Waals surface area contributed by atoms with Crippen LogP contribution in [0.5, 0.6) is 5.75 Å². The smallest absolute Gasteiger partial charge is 0.133 e. The second-order valence-electron chi connectivity index (χ2n) is 7.11. The van der Waals surface area contributed by atoms with Gasteiger partial charge in [-0.1, -0.05) is 40.7 Å². The zero-order chi connectivity index (χ0) is 16.0. The van der Waals surface area contributed by atoms with Crippen molar-refractivity contribution in [1.29, 1.82) is 0 Å². The molecule has 0 aliphatic rings. The highest BCUT2D eigenvalue weighted by Crippen LogP contribution is 2.33. The van der Waals surface area contributed by atoms with Gasteiger partial charge in [-0.3, -0.25) is 0 Å². The summed E-state index contributed by atoms with van der Waals surface area (Å²) in [5, 5.41) is 3.62. The van der Waals surface area contributed by atoms with Crippen molar-refractivity contribution in [3.05, 3.63) is 28.2 Å². The second-order valence-corrected chi connectivity index (χ2v) is 7.96. The molecule has 2 atom stereocenters. The highest BCUT2D eigenvalue weighted by Gasteiger charge is 2.20. The van der Waals surface area contributed by atoms with Crippen LogP contribution < -0.4 is 10.1 Å². The largest absolute Gasteiger partial charge is 0.496 e. The molecule has 0 amide bonds. The molecule has 0 saturated carbocycles. The predicted octanol–water partition coefficient (Wildman–Crippen LogP) is 5.57. The van der Waals surface area contributed by atoms with E-state index in [1.54, 1.807) is 7.11 Å². The van der Waals surface area contributed by atoms with Gasteiger partial charge in [0.1, 0.15) is 5.75 Å². The molecule has 0 fully saturated rings. The fraction of sp³-hybridized carbons (Fsp3) is 0.667. The maximum Gasteiger partial charge on any atom is 0.133 e. The number of hydrogen-bond donors (Lipinski definition) is 1. The summed E-state index contributed by atoms with van der Waals surface area (Å²) in [6.45, 7) is 12.5. The average Bonchev–Trinajstić information content (AvgIpc) is 2.36. The van der Waals surface area contributed by atoms with E-state index in [0.717, 1.165) is 23.2 Å². The van der Waals surface area contributed by atoms with E-state index in [9.17, 15) is 0 Å². The first-order chi connectivity index (χ1) is 9.76. The molecule has 0 aliphatic carbocycles. The number of methoxy groups -OCH3 is 1. The highest BCUT2D eigenvalue weighted by molar-refractivity contribution is 9.10. The Hall–Kier alpha value is -0.540. The lowest BCUT2D eigenvalue weighted by atomic mass is 9.82. The van der Waals surface area contributed by atoms with Crippen LogP contribution in [-0.2, 0) is 0 Å². The van der Waals surface area contributed by atoms with Gasteiger partial charge in [-0.2, -0.15) is 0 Å². The van der Waals surface area contributed by atoms with E-state index >= 15 is 0 Å². The van der Waals surface area contributed by atoms with Crippen molar-refractivity contribution in [3.8, 4) is 5.75 Å². The van der Waals surface area contributed by atoms with Crippen LogP contribution in [0.4, 0.5) is 0 Å². The van der Waals surface area contributed by atoms with Gasteiger partial charge in [-0.15, -0.1) is 0 Å². The Morgan fingerprint density at radius 1 is 1.29 bits per heavy atom. The van der Waals surface area contributed by atoms with E-state index in [0.29, 0.717) is 17.4 Å². The van der Waals surface area contributed by atoms with E-state index in [1.165, 1.54) is 12.0 Å². The molecule has 0 heterocycles. The van der Waals surface area contributed by atoms with Crippen LogP contribution in [0.15, 0.2) is 22.7 Å². The third-order valence-electron chi connectivity index (χ3n) is 3.63. The van der Waals surface area contributed by atoms with Crippen molar-refractivity contribution < 1.29 is 4.74 Å². The van der Waals surface area contributed by atoms with Crippen molar-refractivity contribution in [2.45, 2.75) is 53.5 Å². The summed E-state index contributed by atoms with van der Waals surface area (Å²) >= 11 is 3.59. The van der Waals surface area contributed by atoms with Gasteiger partial charge < -0.3 is 10.1 Å². The first-order valence-electron chi connectivity index (χ1n) is 7.83. The third-order valence-corrected chi connectivity index (χ3v) is 4.25. The predicted molar refractivity (Wildman–Crippen MR) is 95.0 cm³/mol. The molecular weight excluding hydrogens is 326 g/mol. The highest BCUT2D eigenvalue weighted by atomic mass is 79.9. The SMILES string of the molecule is CCNC(CC(C)CC(C)(C)C)c1ccc(OC)c(Br)c1. The van der Waals surface area contributed by atoms with Gasteiger partial charge in [0, 0.05) is 6.04 Å². The molecule has 2 unspecified atom stereocenters. The summed E-state index contributed by atoms with van der Waals surface area (Å²) in [5.41, 5.74) is 1.71. The van der Waals surface area contributed by atoms with Gasteiger partial charge in [0.25, 0.3) is 0 Å². The molecule has 1 aromatic carbocycles. The number of ether oxygens (including phenoxy) is 1. The van der Waals surface area contributed by atoms with Crippen LogP contribution in [0, 0.1) is 11.3 Å². The fourth-order valence-electron chi connectivity index (χ4n) is 3.01. The van der Waals surface area contributed by atoms with Gasteiger partial charge in [0.2, 0.25) is 0 Å². The fourth-order valence-corrected chi connectivity index (χ4v) is 3.57. The quantitative estimate of drug-likeness (QED) is 0.689. The minimum Gasteiger partial charge on any atom is -0.496 e. The lowest BCUT2D eigenvalue weighted by Gasteiger charge is -2.27. The summed E-state index contributed by atoms with van der Waals surface area (Å²) in [7, 11) is 1.70. The minimum absolute atomic E-state index is 0.386. The maximum absolute atomic E-state index is 5.32. The Kier molecular flexibility index (Phi) is 7.22. The van der Waals surface area contributed by atoms with Crippen molar-refractivity contribution in [1.82, 2.24) is 5.32 Å². The maximum atomic E-state index is 5.32. The van der Waals surface area contributed by atoms with Crippen LogP contribution in [0.3, 0.4) is 0 Å². The molecule has 0 radical (unpaired) electrons. The van der Waals surface area contributed by atoms with Crippen LogP contribution >= 0.6 is 15.9 Å². The molecule has 0 saturated heterocycles. The second kappa shape index (κ2) is 8.19. The summed E-state index contributed by atoms with van der Waals surface area (Å²) < 4.78 is 6.34. The third kappa shape index (κ3) is 6.39. The minimum atomic E-state index is 0.386. The summed E-state index contributed by atoms with van der Waals surface area (Å²) in [6.07, 6.45) is 2.40. The molecule has 1 aromatic rings. The monoisotopic (exact) mass is 355 g/mol. The Balaban J connectivity index is 2.83. The van der Waals surface area contributed by atoms with Gasteiger partial charge in [-0.05, 0) is 64.3 Å². The van der Waals surface area contributed by atoms with Crippen LogP contribution in [-0.4, -0.2) is 13.7 Å². The van der Waals surface area contributed by atoms with Gasteiger partial charge >= 0.3 is 0 Å². The molecule has 0 aliphatic heterocycles. The number of nitrogens with one attached hydrogen (secondary N) is 1. The van der Waals surface area contributed by atoms with E-state index in [1.807, 2.05) is 6.07 Å². The van der Waals surface area contributed by atoms with E-state index < -0.39 is 0 Å². The first kappa shape index (κ1) is 18.5. The molecule has 120 valence electrons. The standard InChI is InChI=1S/C18H30BrNO/c1-7-20-16(10-13(2)12-18(3,4)5)14-8-9-17(21-6)15(19)11-14/h8-9,11,13,16,20H,7,10,12H2,1-6H3. The summed E-state index contributed by atoms with van der Waals surface area (Å²) in [6, 6.07) is 6.78. The van der Waals surface area contributed by atoms with E-state index in [4.69, 9.17) is 4.74 Å². The van der Waals surface area contributed by atoms with Gasteiger partial charge in [0.15, 0.2) is 0 Å². The summed E-state index contributed by atoms with van der Waals surface area (Å²) in [4.78, 5) is 0. The van der Waals surface area contributed by atoms with Crippen LogP contribution in [0.25, 0.3) is 0 Å². The molecular formula is C18H30BrNO. The Bertz CT molecular complexity index is 439. The van der Waals surface area contributed by atoms with E-state index in [2.05, 4.69) is 68.0 Å². The topological polar surface area (TPSA) is 21.3 Å². The Morgan fingerprint density at radius 2 is 1.95 bits per heavy atom. The van der Waals surface area contributed by atoms with Crippen molar-refractivity contribution in [2.24, 2.45) is 11.3 Å². The van der Waals surface area contributed by atoms with Gasteiger partial charge in [0.05, 0.1) is 11.6 Å². The zero-order valence-corrected chi connectivity index (χ0v) is 15.9. The molecule has 21 heavy (non-hydrogen) atoms. The summed E-state index contributed by atoms with van der Waals surface area (Å²) in [5.74, 6) is 1.58. The number of rotatable bonds is 7.